The molecule has 2 fully saturated rings. The third-order valence-corrected chi connectivity index (χ3v) is 5.27. The molecular formula is C20H25N4O2. The molecule has 6 heteroatoms. The summed E-state index contributed by atoms with van der Waals surface area (Å²) >= 11 is 0. The van der Waals surface area contributed by atoms with E-state index in [4.69, 9.17) is 4.74 Å². The van der Waals surface area contributed by atoms with Crippen molar-refractivity contribution in [3.63, 3.8) is 0 Å². The third-order valence-electron chi connectivity index (χ3n) is 5.27. The van der Waals surface area contributed by atoms with Gasteiger partial charge in [-0.05, 0) is 50.3 Å². The first kappa shape index (κ1) is 17.2. The maximum Gasteiger partial charge on any atom is 0.254 e. The van der Waals surface area contributed by atoms with Gasteiger partial charge >= 0.3 is 0 Å². The summed E-state index contributed by atoms with van der Waals surface area (Å²) < 4.78 is 5.22. The minimum Gasteiger partial charge on any atom is -0.381 e. The molecule has 2 aliphatic rings. The zero-order chi connectivity index (χ0) is 18.1. The van der Waals surface area contributed by atoms with Gasteiger partial charge in [0, 0.05) is 36.6 Å². The second-order valence-corrected chi connectivity index (χ2v) is 7.37. The topological polar surface area (TPSA) is 71.1 Å². The first-order valence-corrected chi connectivity index (χ1v) is 9.33. The van der Waals surface area contributed by atoms with Crippen molar-refractivity contribution >= 4 is 5.91 Å². The van der Waals surface area contributed by atoms with Gasteiger partial charge in [-0.1, -0.05) is 6.07 Å². The van der Waals surface area contributed by atoms with Crippen molar-refractivity contribution in [3.05, 3.63) is 41.1 Å². The van der Waals surface area contributed by atoms with Crippen LogP contribution < -0.4 is 0 Å². The molecular weight excluding hydrogens is 328 g/mol. The van der Waals surface area contributed by atoms with Gasteiger partial charge in [-0.2, -0.15) is 0 Å². The van der Waals surface area contributed by atoms with Crippen molar-refractivity contribution in [1.29, 1.82) is 0 Å². The first-order chi connectivity index (χ1) is 12.6. The minimum absolute atomic E-state index is 0.114. The van der Waals surface area contributed by atoms with Crippen molar-refractivity contribution < 1.29 is 9.53 Å². The van der Waals surface area contributed by atoms with Gasteiger partial charge in [0.25, 0.3) is 5.91 Å². The fourth-order valence-corrected chi connectivity index (χ4v) is 3.65. The molecule has 0 bridgehead atoms. The molecule has 1 aromatic heterocycles. The molecule has 26 heavy (non-hydrogen) atoms. The van der Waals surface area contributed by atoms with E-state index >= 15 is 0 Å². The minimum atomic E-state index is 0.114. The fraction of sp³-hybridized carbons (Fsp3) is 0.500. The van der Waals surface area contributed by atoms with Gasteiger partial charge in [0.1, 0.15) is 5.82 Å². The number of benzene rings is 1. The van der Waals surface area contributed by atoms with Crippen LogP contribution in [0.2, 0.25) is 0 Å². The summed E-state index contributed by atoms with van der Waals surface area (Å²) in [6, 6.07) is 4.04. The second kappa shape index (κ2) is 7.19. The Labute approximate surface area is 154 Å². The SMILES string of the molecule is Cc1cc(C)c(-c2nnc(CC3COC3)[nH]2)cc1C(=O)N1CC[CH]CC1. The fourth-order valence-electron chi connectivity index (χ4n) is 3.65. The normalized spacial score (nSPS) is 18.0. The van der Waals surface area contributed by atoms with Crippen LogP contribution in [0.25, 0.3) is 11.4 Å². The molecule has 4 rings (SSSR count). The van der Waals surface area contributed by atoms with E-state index in [1.54, 1.807) is 0 Å². The summed E-state index contributed by atoms with van der Waals surface area (Å²) in [6.45, 7) is 7.25. The lowest BCUT2D eigenvalue weighted by Gasteiger charge is -2.27. The van der Waals surface area contributed by atoms with Crippen LogP contribution in [0.4, 0.5) is 0 Å². The van der Waals surface area contributed by atoms with Gasteiger partial charge in [0.15, 0.2) is 5.82 Å². The van der Waals surface area contributed by atoms with Crippen LogP contribution in [-0.4, -0.2) is 52.3 Å². The van der Waals surface area contributed by atoms with Gasteiger partial charge in [-0.25, -0.2) is 0 Å². The molecule has 0 unspecified atom stereocenters. The number of aromatic amines is 1. The summed E-state index contributed by atoms with van der Waals surface area (Å²) in [5.74, 6) is 2.26. The summed E-state index contributed by atoms with van der Waals surface area (Å²) in [5.41, 5.74) is 3.82. The van der Waals surface area contributed by atoms with Gasteiger partial charge < -0.3 is 14.6 Å². The molecule has 0 aliphatic carbocycles. The molecule has 0 spiro atoms. The van der Waals surface area contributed by atoms with Crippen LogP contribution in [0.15, 0.2) is 12.1 Å². The molecule has 0 atom stereocenters. The van der Waals surface area contributed by atoms with Crippen molar-refractivity contribution in [2.75, 3.05) is 26.3 Å². The number of carbonyl (C=O) groups is 1. The Morgan fingerprint density at radius 3 is 2.65 bits per heavy atom. The lowest BCUT2D eigenvalue weighted by molar-refractivity contribution is -0.0320. The standard InChI is InChI=1S/C20H25N4O2/c1-13-8-14(2)17(20(25)24-6-4-3-5-7-24)10-16(13)19-21-18(22-23-19)9-15-11-26-12-15/h3,8,10,15H,4-7,9,11-12H2,1-2H3,(H,21,22,23). The van der Waals surface area contributed by atoms with Crippen LogP contribution in [0.1, 0.15) is 40.2 Å². The molecule has 2 aromatic rings. The van der Waals surface area contributed by atoms with E-state index in [9.17, 15) is 4.79 Å². The first-order valence-electron chi connectivity index (χ1n) is 9.33. The van der Waals surface area contributed by atoms with Crippen LogP contribution >= 0.6 is 0 Å². The third kappa shape index (κ3) is 3.38. The number of piperidine rings is 1. The number of hydrogen-bond donors (Lipinski definition) is 1. The molecule has 2 saturated heterocycles. The number of aryl methyl sites for hydroxylation is 2. The number of nitrogens with one attached hydrogen (secondary N) is 1. The highest BCUT2D eigenvalue weighted by Crippen LogP contribution is 2.26. The number of carbonyl (C=O) groups excluding carboxylic acids is 1. The van der Waals surface area contributed by atoms with Crippen LogP contribution in [0.3, 0.4) is 0 Å². The number of hydrogen-bond acceptors (Lipinski definition) is 4. The van der Waals surface area contributed by atoms with Gasteiger partial charge in [-0.15, -0.1) is 10.2 Å². The summed E-state index contributed by atoms with van der Waals surface area (Å²) in [5, 5.41) is 8.61. The highest BCUT2D eigenvalue weighted by atomic mass is 16.5. The number of ether oxygens (including phenoxy) is 1. The smallest absolute Gasteiger partial charge is 0.254 e. The highest BCUT2D eigenvalue weighted by Gasteiger charge is 2.23. The average Bonchev–Trinajstić information content (AvgIpc) is 3.07. The Kier molecular flexibility index (Phi) is 4.76. The molecule has 1 N–H and O–H groups in total. The number of likely N-dealkylation sites (tertiary alicyclic amines) is 1. The predicted octanol–water partition coefficient (Wildman–Crippen LogP) is 2.72. The highest BCUT2D eigenvalue weighted by molar-refractivity contribution is 5.97. The van der Waals surface area contributed by atoms with Crippen molar-refractivity contribution in [1.82, 2.24) is 20.1 Å². The van der Waals surface area contributed by atoms with Gasteiger partial charge in [0.2, 0.25) is 0 Å². The van der Waals surface area contributed by atoms with Crippen LogP contribution in [-0.2, 0) is 11.2 Å². The van der Waals surface area contributed by atoms with Gasteiger partial charge in [0.05, 0.1) is 13.2 Å². The number of rotatable bonds is 4. The molecule has 2 aliphatic heterocycles. The number of amides is 1. The van der Waals surface area contributed by atoms with Crippen LogP contribution in [0, 0.1) is 26.2 Å². The molecule has 6 nitrogen and oxygen atoms in total. The largest absolute Gasteiger partial charge is 0.381 e. The Morgan fingerprint density at radius 2 is 1.96 bits per heavy atom. The maximum absolute atomic E-state index is 13.0. The monoisotopic (exact) mass is 353 g/mol. The Hall–Kier alpha value is -2.21. The number of H-pyrrole nitrogens is 1. The molecule has 137 valence electrons. The van der Waals surface area contributed by atoms with E-state index in [-0.39, 0.29) is 5.91 Å². The lowest BCUT2D eigenvalue weighted by atomic mass is 9.98. The van der Waals surface area contributed by atoms with Gasteiger partial charge in [-0.3, -0.25) is 4.79 Å². The Balaban J connectivity index is 1.60. The zero-order valence-electron chi connectivity index (χ0n) is 15.4. The van der Waals surface area contributed by atoms with E-state index in [2.05, 4.69) is 34.6 Å². The Bertz CT molecular complexity index is 804. The van der Waals surface area contributed by atoms with Crippen LogP contribution in [0.5, 0.6) is 0 Å². The summed E-state index contributed by atoms with van der Waals surface area (Å²) in [7, 11) is 0. The molecule has 3 heterocycles. The summed E-state index contributed by atoms with van der Waals surface area (Å²) in [4.78, 5) is 18.2. The zero-order valence-corrected chi connectivity index (χ0v) is 15.4. The molecule has 0 saturated carbocycles. The van der Waals surface area contributed by atoms with E-state index in [1.165, 1.54) is 0 Å². The van der Waals surface area contributed by atoms with E-state index in [1.807, 2.05) is 17.9 Å². The number of aromatic nitrogens is 3. The predicted molar refractivity (Wildman–Crippen MR) is 98.7 cm³/mol. The maximum atomic E-state index is 13.0. The molecule has 1 radical (unpaired) electrons. The Morgan fingerprint density at radius 1 is 1.19 bits per heavy atom. The van der Waals surface area contributed by atoms with E-state index in [0.717, 1.165) is 79.5 Å². The van der Waals surface area contributed by atoms with Crippen molar-refractivity contribution in [2.24, 2.45) is 5.92 Å². The average molecular weight is 353 g/mol. The van der Waals surface area contributed by atoms with Crippen molar-refractivity contribution in [3.8, 4) is 11.4 Å². The van der Waals surface area contributed by atoms with Crippen molar-refractivity contribution in [2.45, 2.75) is 33.1 Å². The molecule has 1 aromatic carbocycles. The summed E-state index contributed by atoms with van der Waals surface area (Å²) in [6.07, 6.45) is 5.05. The second-order valence-electron chi connectivity index (χ2n) is 7.37. The molecule has 1 amide bonds. The quantitative estimate of drug-likeness (QED) is 0.917. The van der Waals surface area contributed by atoms with E-state index in [0.29, 0.717) is 5.92 Å². The van der Waals surface area contributed by atoms with E-state index < -0.39 is 0 Å². The lowest BCUT2D eigenvalue weighted by Crippen LogP contribution is -2.36. The number of nitrogens with zero attached hydrogens (tertiary/aromatic N) is 3.